The molecule has 27 nitrogen and oxygen atoms in total. The van der Waals surface area contributed by atoms with Crippen molar-refractivity contribution in [2.75, 3.05) is 81.7 Å². The number of piperidine rings is 1. The smallest absolute Gasteiger partial charge is 0.248 e. The van der Waals surface area contributed by atoms with Gasteiger partial charge in [-0.05, 0) is 113 Å². The molecule has 2 saturated heterocycles. The predicted molar refractivity (Wildman–Crippen MR) is 397 cm³/mol. The van der Waals surface area contributed by atoms with Crippen molar-refractivity contribution >= 4 is 82.5 Å². The molecule has 582 valence electrons. The highest BCUT2D eigenvalue weighted by Gasteiger charge is 2.45. The largest absolute Gasteiger partial charge is 0.391 e. The molecule has 4 rings (SSSR count). The maximum absolute atomic E-state index is 15.6. The van der Waals surface area contributed by atoms with Crippen LogP contribution in [0.5, 0.6) is 0 Å². The Morgan fingerprint density at radius 3 is 1.66 bits per heavy atom. The van der Waals surface area contributed by atoms with E-state index in [-0.39, 0.29) is 63.0 Å². The van der Waals surface area contributed by atoms with Crippen molar-refractivity contribution in [1.29, 1.82) is 0 Å². The molecule has 0 spiro atoms. The van der Waals surface area contributed by atoms with Gasteiger partial charge in [-0.1, -0.05) is 129 Å². The Bertz CT molecular complexity index is 3210. The number of nitrogens with zero attached hydrogens (tertiary/aromatic N) is 8. The molecule has 0 radical (unpaired) electrons. The fourth-order valence-corrected chi connectivity index (χ4v) is 13.3. The average molecular weight is 1480 g/mol. The number of likely N-dealkylation sites (tertiary alicyclic amines) is 1. The molecule has 28 heteroatoms. The predicted octanol–water partition coefficient (Wildman–Crippen LogP) is 4.05. The fourth-order valence-electron chi connectivity index (χ4n) is 13.1. The van der Waals surface area contributed by atoms with Crippen molar-refractivity contribution < 1.29 is 72.5 Å². The number of likely N-dealkylation sites (N-methyl/N-ethyl adjacent to an activating group) is 6. The summed E-state index contributed by atoms with van der Waals surface area (Å²) in [5.41, 5.74) is 1.16. The first-order chi connectivity index (χ1) is 48.9. The van der Waals surface area contributed by atoms with Crippen molar-refractivity contribution in [1.82, 2.24) is 60.5 Å². The normalized spacial score (nSPS) is 25.1. The van der Waals surface area contributed by atoms with E-state index in [0.29, 0.717) is 61.3 Å². The number of carbonyl (C=O) groups is 12. The summed E-state index contributed by atoms with van der Waals surface area (Å²) in [6, 6.07) is 1.38. The zero-order chi connectivity index (χ0) is 78.1. The number of aliphatic hydroxyl groups excluding tert-OH is 2. The third kappa shape index (κ3) is 25.8. The summed E-state index contributed by atoms with van der Waals surface area (Å²) in [6.07, 6.45) is 0.0657. The first kappa shape index (κ1) is 88.6. The van der Waals surface area contributed by atoms with Gasteiger partial charge in [-0.25, -0.2) is 0 Å². The maximum atomic E-state index is 15.6. The molecule has 2 aromatic rings. The van der Waals surface area contributed by atoms with Crippen LogP contribution in [-0.4, -0.2) is 275 Å². The lowest BCUT2D eigenvalue weighted by molar-refractivity contribution is -0.152. The highest BCUT2D eigenvalue weighted by molar-refractivity contribution is 6.30. The summed E-state index contributed by atoms with van der Waals surface area (Å²) in [5, 5.41) is 33.3. The Morgan fingerprint density at radius 1 is 0.558 bits per heavy atom. The molecular formula is C76H121ClN12O15. The Balaban J connectivity index is 2.03. The van der Waals surface area contributed by atoms with Crippen LogP contribution in [0.25, 0.3) is 0 Å². The molecule has 104 heavy (non-hydrogen) atoms. The van der Waals surface area contributed by atoms with Crippen LogP contribution in [0.4, 0.5) is 0 Å². The number of ether oxygens (including phenoxy) is 1. The van der Waals surface area contributed by atoms with E-state index in [1.165, 1.54) is 82.7 Å². The number of hydrogen-bond donors (Lipinski definition) is 6. The quantitative estimate of drug-likeness (QED) is 0.103. The average Bonchev–Trinajstić information content (AvgIpc) is 0.812. The number of nitrogens with one attached hydrogen (secondary N) is 4. The molecule has 0 bridgehead atoms. The molecule has 0 unspecified atom stereocenters. The van der Waals surface area contributed by atoms with Gasteiger partial charge in [-0.2, -0.15) is 0 Å². The van der Waals surface area contributed by atoms with E-state index in [1.54, 1.807) is 66.4 Å². The lowest BCUT2D eigenvalue weighted by Crippen LogP contribution is -2.63. The first-order valence-electron chi connectivity index (χ1n) is 37.0. The van der Waals surface area contributed by atoms with Crippen molar-refractivity contribution in [3.05, 3.63) is 70.7 Å². The van der Waals surface area contributed by atoms with Gasteiger partial charge in [-0.3, -0.25) is 57.5 Å². The fraction of sp³-hybridized carbons (Fsp3) is 0.684. The molecule has 2 heterocycles. The van der Waals surface area contributed by atoms with E-state index >= 15 is 33.6 Å². The Morgan fingerprint density at radius 2 is 1.10 bits per heavy atom. The van der Waals surface area contributed by atoms with Gasteiger partial charge in [-0.15, -0.1) is 0 Å². The minimum atomic E-state index is -1.68. The Kier molecular flexibility index (Phi) is 36.1. The number of benzene rings is 2. The summed E-state index contributed by atoms with van der Waals surface area (Å²) in [4.78, 5) is 191. The zero-order valence-electron chi connectivity index (χ0n) is 64.8. The van der Waals surface area contributed by atoms with Crippen molar-refractivity contribution in [2.24, 2.45) is 23.7 Å². The summed E-state index contributed by atoms with van der Waals surface area (Å²) in [6.45, 7) is 19.8. The molecule has 0 saturated carbocycles. The van der Waals surface area contributed by atoms with Crippen molar-refractivity contribution in [3.63, 3.8) is 0 Å². The van der Waals surface area contributed by atoms with Crippen molar-refractivity contribution in [2.45, 2.75) is 233 Å². The molecule has 6 N–H and O–H groups in total. The second-order valence-electron chi connectivity index (χ2n) is 29.8. The van der Waals surface area contributed by atoms with E-state index < -0.39 is 169 Å². The minimum absolute atomic E-state index is 0.0264. The lowest BCUT2D eigenvalue weighted by atomic mass is 9.94. The van der Waals surface area contributed by atoms with Crippen LogP contribution >= 0.6 is 11.6 Å². The second kappa shape index (κ2) is 42.4. The summed E-state index contributed by atoms with van der Waals surface area (Å²) in [5.74, 6) is -10.5. The Hall–Kier alpha value is -7.75. The molecule has 2 aliphatic heterocycles. The number of aliphatic hydroxyl groups is 2. The van der Waals surface area contributed by atoms with Crippen LogP contribution in [0.3, 0.4) is 0 Å². The molecule has 0 aliphatic carbocycles. The monoisotopic (exact) mass is 1480 g/mol. The minimum Gasteiger partial charge on any atom is -0.391 e. The topological polar surface area (TPSA) is 329 Å². The third-order valence-corrected chi connectivity index (χ3v) is 20.0. The van der Waals surface area contributed by atoms with E-state index in [9.17, 15) is 34.2 Å². The first-order valence-corrected chi connectivity index (χ1v) is 37.3. The number of carbonyl (C=O) groups excluding carboxylic acids is 12. The molecule has 2 aliphatic rings. The summed E-state index contributed by atoms with van der Waals surface area (Å²) >= 11 is 6.54. The van der Waals surface area contributed by atoms with Gasteiger partial charge in [0, 0.05) is 79.8 Å². The van der Waals surface area contributed by atoms with Gasteiger partial charge in [0.2, 0.25) is 70.9 Å². The van der Waals surface area contributed by atoms with Crippen LogP contribution in [0.15, 0.2) is 54.6 Å². The number of rotatable bonds is 21. The molecule has 0 aromatic heterocycles. The second-order valence-corrected chi connectivity index (χ2v) is 30.2. The van der Waals surface area contributed by atoms with Gasteiger partial charge >= 0.3 is 0 Å². The van der Waals surface area contributed by atoms with E-state index in [0.717, 1.165) is 21.1 Å². The van der Waals surface area contributed by atoms with Gasteiger partial charge in [0.15, 0.2) is 0 Å². The standard InChI is InChI=1S/C76H121ClN12O15/c1-19-21-33-89-43-64(93)83(14)59(37-47(5)6)68(95)79-57(73(100)88-34-26-23-27-35-88)42-63(92)82(13)51(11)67(94)80-58(45-104-44-50(10)90)72(99)85(16)61(38-48(7)8)74(101)84(15)60(41-54-31-28-32-55(77)39-54)69(96)78-56(36-46(3)4)71(98)86(17)62(40-53-29-24-22-25-30-53)75(102)87(18)66(49(9)20-2)70(97)81-65(52(12)91)76(89)103/h22,24-25,28-32,39,46-52,56-62,65-66,90-91H,19-21,23,26-27,33-38,40-45H2,1-18H3,(H,78,96)(H,79,95)(H,80,94)(H,81,97)/t49-,50+,51-,52+,56-,57-,58-,59-,60-,61-,62-,65-,66-/m0/s1. The van der Waals surface area contributed by atoms with Crippen LogP contribution in [0, 0.1) is 23.7 Å². The number of hydrogen-bond acceptors (Lipinski definition) is 15. The molecule has 2 fully saturated rings. The van der Waals surface area contributed by atoms with Gasteiger partial charge < -0.3 is 75.4 Å². The maximum Gasteiger partial charge on any atom is 0.248 e. The number of halogens is 1. The van der Waals surface area contributed by atoms with E-state index in [4.69, 9.17) is 16.3 Å². The van der Waals surface area contributed by atoms with Gasteiger partial charge in [0.05, 0.1) is 38.4 Å². The highest BCUT2D eigenvalue weighted by atomic mass is 35.5. The van der Waals surface area contributed by atoms with Gasteiger partial charge in [0.25, 0.3) is 0 Å². The van der Waals surface area contributed by atoms with E-state index in [1.807, 2.05) is 55.4 Å². The highest BCUT2D eigenvalue weighted by Crippen LogP contribution is 2.25. The van der Waals surface area contributed by atoms with Crippen LogP contribution in [0.1, 0.15) is 158 Å². The molecule has 2 aromatic carbocycles. The Labute approximate surface area is 621 Å². The SMILES string of the molecule is CCCCN1CC(=O)N(C)[C@@H](CC(C)C)C(=O)N[C@H](C(=O)N2CCCCC2)CC(=O)N(C)[C@@H](C)C(=O)N[C@@H](COC[C@@H](C)O)C(=O)N(C)[C@@H](CC(C)C)C(=O)N(C)[C@@H](Cc2cccc(Cl)c2)C(=O)N[C@@H](CC(C)C)C(=O)N(C)[C@@H](Cc2ccccc2)C(=O)N(C)[C@@H]([C@@H](C)CC)C(=O)N[C@@H]([C@@H](C)O)C1=O. The van der Waals surface area contributed by atoms with Crippen molar-refractivity contribution in [3.8, 4) is 0 Å². The van der Waals surface area contributed by atoms with Crippen LogP contribution in [-0.2, 0) is 75.1 Å². The van der Waals surface area contributed by atoms with Crippen LogP contribution < -0.4 is 21.3 Å². The lowest BCUT2D eigenvalue weighted by Gasteiger charge is -2.39. The molecule has 13 atom stereocenters. The van der Waals surface area contributed by atoms with Crippen LogP contribution in [0.2, 0.25) is 5.02 Å². The number of unbranched alkanes of at least 4 members (excludes halogenated alkanes) is 1. The summed E-state index contributed by atoms with van der Waals surface area (Å²) in [7, 11) is 8.31. The van der Waals surface area contributed by atoms with E-state index in [2.05, 4.69) is 21.3 Å². The molecule has 12 amide bonds. The summed E-state index contributed by atoms with van der Waals surface area (Å²) < 4.78 is 5.79. The zero-order valence-corrected chi connectivity index (χ0v) is 65.6. The number of amides is 12. The van der Waals surface area contributed by atoms with Gasteiger partial charge in [0.1, 0.15) is 60.4 Å². The molecular weight excluding hydrogens is 1360 g/mol. The third-order valence-electron chi connectivity index (χ3n) is 19.7.